The maximum atomic E-state index is 12.7. The Morgan fingerprint density at radius 1 is 1.09 bits per heavy atom. The fraction of sp³-hybridized carbons (Fsp3) is 0.286. The topological polar surface area (TPSA) is 118 Å². The number of imidazole rings is 1. The Morgan fingerprint density at radius 3 is 2.48 bits per heavy atom. The van der Waals surface area contributed by atoms with Crippen molar-refractivity contribution in [3.05, 3.63) is 54.4 Å². The average Bonchev–Trinajstić information content (AvgIpc) is 3.14. The molecule has 1 aromatic heterocycles. The molecule has 0 atom stereocenters. The number of benzene rings is 2. The molecule has 1 amide bonds. The van der Waals surface area contributed by atoms with Gasteiger partial charge in [0.25, 0.3) is 0 Å². The minimum absolute atomic E-state index is 0.0783. The third-order valence-electron chi connectivity index (χ3n) is 5.23. The summed E-state index contributed by atoms with van der Waals surface area (Å²) in [6.07, 6.45) is 0.0783. The van der Waals surface area contributed by atoms with Crippen LogP contribution in [-0.2, 0) is 33.0 Å². The Hall–Kier alpha value is -3.06. The maximum absolute atomic E-state index is 12.7. The molecule has 0 spiro atoms. The standard InChI is InChI=1S/C21H24N6O4S2/c1-26-18-5-3-2-4-17(18)23-19(26)14-20(28)24-25-21(32)22-15-6-8-16(9-7-15)33(29,30)27-10-12-31-13-11-27/h2-9H,10-14H2,1H3,(H,24,28)(H2,22,25,32). The molecule has 10 nitrogen and oxygen atoms in total. The largest absolute Gasteiger partial charge is 0.379 e. The normalized spacial score (nSPS) is 14.7. The van der Waals surface area contributed by atoms with Crippen LogP contribution in [0.15, 0.2) is 53.4 Å². The molecule has 1 aliphatic heterocycles. The number of sulfonamides is 1. The van der Waals surface area contributed by atoms with Gasteiger partial charge in [0.15, 0.2) is 5.11 Å². The van der Waals surface area contributed by atoms with Gasteiger partial charge in [0.05, 0.1) is 35.6 Å². The second-order valence-corrected chi connectivity index (χ2v) is 9.77. The summed E-state index contributed by atoms with van der Waals surface area (Å²) in [5.41, 5.74) is 7.54. The molecule has 3 N–H and O–H groups in total. The zero-order valence-electron chi connectivity index (χ0n) is 17.9. The van der Waals surface area contributed by atoms with Gasteiger partial charge < -0.3 is 14.6 Å². The number of ether oxygens (including phenoxy) is 1. The van der Waals surface area contributed by atoms with Crippen molar-refractivity contribution < 1.29 is 17.9 Å². The lowest BCUT2D eigenvalue weighted by molar-refractivity contribution is -0.121. The fourth-order valence-corrected chi connectivity index (χ4v) is 5.05. The first-order chi connectivity index (χ1) is 15.8. The predicted octanol–water partition coefficient (Wildman–Crippen LogP) is 1.15. The van der Waals surface area contributed by atoms with Crippen LogP contribution in [0.5, 0.6) is 0 Å². The molecule has 1 aliphatic rings. The van der Waals surface area contributed by atoms with Gasteiger partial charge >= 0.3 is 0 Å². The summed E-state index contributed by atoms with van der Waals surface area (Å²) in [6.45, 7) is 1.46. The van der Waals surface area contributed by atoms with Crippen molar-refractivity contribution in [3.63, 3.8) is 0 Å². The summed E-state index contributed by atoms with van der Waals surface area (Å²) in [7, 11) is -1.70. The van der Waals surface area contributed by atoms with Gasteiger partial charge in [-0.05, 0) is 48.6 Å². The number of anilines is 1. The lowest BCUT2D eigenvalue weighted by Gasteiger charge is -2.26. The Morgan fingerprint density at radius 2 is 1.79 bits per heavy atom. The number of thiocarbonyl (C=S) groups is 1. The summed E-state index contributed by atoms with van der Waals surface area (Å²) in [4.78, 5) is 17.0. The molecule has 4 rings (SSSR count). The fourth-order valence-electron chi connectivity index (χ4n) is 3.48. The number of aromatic nitrogens is 2. The maximum Gasteiger partial charge on any atom is 0.245 e. The van der Waals surface area contributed by atoms with Crippen molar-refractivity contribution in [2.45, 2.75) is 11.3 Å². The summed E-state index contributed by atoms with van der Waals surface area (Å²) >= 11 is 5.21. The van der Waals surface area contributed by atoms with Crippen molar-refractivity contribution in [1.29, 1.82) is 0 Å². The van der Waals surface area contributed by atoms with Crippen molar-refractivity contribution >= 4 is 50.0 Å². The summed E-state index contributed by atoms with van der Waals surface area (Å²) in [5, 5.41) is 3.07. The zero-order chi connectivity index (χ0) is 23.4. The van der Waals surface area contributed by atoms with Gasteiger partial charge in [0, 0.05) is 25.8 Å². The number of fused-ring (bicyclic) bond motifs is 1. The van der Waals surface area contributed by atoms with Crippen LogP contribution in [0.1, 0.15) is 5.82 Å². The molecule has 2 aromatic carbocycles. The van der Waals surface area contributed by atoms with E-state index in [4.69, 9.17) is 17.0 Å². The Kier molecular flexibility index (Phi) is 6.88. The molecule has 0 radical (unpaired) electrons. The van der Waals surface area contributed by atoms with Crippen molar-refractivity contribution in [1.82, 2.24) is 24.7 Å². The molecule has 33 heavy (non-hydrogen) atoms. The molecule has 0 bridgehead atoms. The van der Waals surface area contributed by atoms with Crippen LogP contribution in [-0.4, -0.2) is 59.6 Å². The van der Waals surface area contributed by atoms with Crippen LogP contribution < -0.4 is 16.2 Å². The van der Waals surface area contributed by atoms with E-state index in [2.05, 4.69) is 21.2 Å². The molecule has 174 valence electrons. The van der Waals surface area contributed by atoms with Crippen molar-refractivity contribution in [3.8, 4) is 0 Å². The summed E-state index contributed by atoms with van der Waals surface area (Å²) in [5.74, 6) is 0.330. The molecule has 1 fully saturated rings. The number of aryl methyl sites for hydroxylation is 1. The number of nitrogens with zero attached hydrogens (tertiary/aromatic N) is 3. The van der Waals surface area contributed by atoms with Crippen LogP contribution in [0.25, 0.3) is 11.0 Å². The third kappa shape index (κ3) is 5.30. The lowest BCUT2D eigenvalue weighted by atomic mass is 10.3. The van der Waals surface area contributed by atoms with Gasteiger partial charge in [-0.3, -0.25) is 15.6 Å². The number of para-hydroxylation sites is 2. The molecule has 0 aliphatic carbocycles. The SMILES string of the molecule is Cn1c(CC(=O)NNC(=S)Nc2ccc(S(=O)(=O)N3CCOCC3)cc2)nc2ccccc21. The van der Waals surface area contributed by atoms with Gasteiger partial charge in [0.1, 0.15) is 5.82 Å². The highest BCUT2D eigenvalue weighted by Gasteiger charge is 2.26. The first-order valence-corrected chi connectivity index (χ1v) is 12.1. The van der Waals surface area contributed by atoms with Crippen LogP contribution in [0.4, 0.5) is 5.69 Å². The molecule has 0 saturated carbocycles. The number of hydrogen-bond donors (Lipinski definition) is 3. The second kappa shape index (κ2) is 9.83. The second-order valence-electron chi connectivity index (χ2n) is 7.42. The lowest BCUT2D eigenvalue weighted by Crippen LogP contribution is -2.44. The van der Waals surface area contributed by atoms with E-state index in [-0.39, 0.29) is 22.3 Å². The Labute approximate surface area is 196 Å². The number of amides is 1. The van der Waals surface area contributed by atoms with E-state index in [1.807, 2.05) is 35.9 Å². The number of nitrogens with one attached hydrogen (secondary N) is 3. The van der Waals surface area contributed by atoms with E-state index >= 15 is 0 Å². The predicted molar refractivity (Wildman–Crippen MR) is 128 cm³/mol. The van der Waals surface area contributed by atoms with E-state index in [1.54, 1.807) is 12.1 Å². The van der Waals surface area contributed by atoms with Crippen LogP contribution >= 0.6 is 12.2 Å². The van der Waals surface area contributed by atoms with E-state index in [0.29, 0.717) is 37.8 Å². The number of rotatable bonds is 5. The van der Waals surface area contributed by atoms with Gasteiger partial charge in [-0.1, -0.05) is 12.1 Å². The van der Waals surface area contributed by atoms with Crippen LogP contribution in [0.2, 0.25) is 0 Å². The molecule has 3 aromatic rings. The highest BCUT2D eigenvalue weighted by molar-refractivity contribution is 7.89. The van der Waals surface area contributed by atoms with Gasteiger partial charge in [-0.15, -0.1) is 0 Å². The third-order valence-corrected chi connectivity index (χ3v) is 7.35. The van der Waals surface area contributed by atoms with Crippen LogP contribution in [0.3, 0.4) is 0 Å². The monoisotopic (exact) mass is 488 g/mol. The van der Waals surface area contributed by atoms with E-state index in [9.17, 15) is 13.2 Å². The quantitative estimate of drug-likeness (QED) is 0.362. The number of carbonyl (C=O) groups excluding carboxylic acids is 1. The highest BCUT2D eigenvalue weighted by atomic mass is 32.2. The van der Waals surface area contributed by atoms with Gasteiger partial charge in [-0.25, -0.2) is 13.4 Å². The molecular formula is C21H24N6O4S2. The molecule has 1 saturated heterocycles. The van der Waals surface area contributed by atoms with E-state index in [0.717, 1.165) is 11.0 Å². The first kappa shape index (κ1) is 23.1. The Balaban J connectivity index is 1.29. The van der Waals surface area contributed by atoms with E-state index < -0.39 is 10.0 Å². The van der Waals surface area contributed by atoms with Gasteiger partial charge in [0.2, 0.25) is 15.9 Å². The minimum Gasteiger partial charge on any atom is -0.379 e. The minimum atomic E-state index is -3.56. The molecular weight excluding hydrogens is 464 g/mol. The Bertz CT molecular complexity index is 1270. The summed E-state index contributed by atoms with van der Waals surface area (Å²) < 4.78 is 33.9. The molecule has 12 heteroatoms. The van der Waals surface area contributed by atoms with E-state index in [1.165, 1.54) is 16.4 Å². The molecule has 2 heterocycles. The smallest absolute Gasteiger partial charge is 0.245 e. The highest BCUT2D eigenvalue weighted by Crippen LogP contribution is 2.19. The zero-order valence-corrected chi connectivity index (χ0v) is 19.6. The summed E-state index contributed by atoms with van der Waals surface area (Å²) in [6, 6.07) is 13.9. The van der Waals surface area contributed by atoms with Gasteiger partial charge in [-0.2, -0.15) is 4.31 Å². The number of carbonyl (C=O) groups is 1. The van der Waals surface area contributed by atoms with Crippen molar-refractivity contribution in [2.75, 3.05) is 31.6 Å². The molecule has 0 unspecified atom stereocenters. The number of morpholine rings is 1. The first-order valence-electron chi connectivity index (χ1n) is 10.3. The average molecular weight is 489 g/mol. The number of hydrazine groups is 1. The van der Waals surface area contributed by atoms with Crippen molar-refractivity contribution in [2.24, 2.45) is 7.05 Å². The van der Waals surface area contributed by atoms with Crippen LogP contribution in [0, 0.1) is 0 Å². The number of hydrogen-bond acceptors (Lipinski definition) is 6.